The second kappa shape index (κ2) is 6.37. The van der Waals surface area contributed by atoms with Gasteiger partial charge in [-0.25, -0.2) is 15.0 Å². The van der Waals surface area contributed by atoms with Crippen molar-refractivity contribution in [3.05, 3.63) is 12.7 Å². The number of nitrogens with zero attached hydrogens (tertiary/aromatic N) is 4. The Morgan fingerprint density at radius 3 is 2.73 bits per heavy atom. The lowest BCUT2D eigenvalue weighted by atomic mass is 10.1. The number of rotatable bonds is 5. The third-order valence-electron chi connectivity index (χ3n) is 3.82. The van der Waals surface area contributed by atoms with Gasteiger partial charge in [0.2, 0.25) is 0 Å². The molecule has 0 amide bonds. The number of hydrogen-bond donors (Lipinski definition) is 1. The summed E-state index contributed by atoms with van der Waals surface area (Å²) in [6.45, 7) is 0. The van der Waals surface area contributed by atoms with Gasteiger partial charge in [0.1, 0.15) is 24.1 Å². The Labute approximate surface area is 132 Å². The van der Waals surface area contributed by atoms with Crippen molar-refractivity contribution in [1.82, 2.24) is 19.5 Å². The molecule has 8 nitrogen and oxygen atoms in total. The van der Waals surface area contributed by atoms with Crippen LogP contribution in [0.25, 0.3) is 11.2 Å². The number of aromatic nitrogens is 4. The van der Waals surface area contributed by atoms with Crippen LogP contribution in [0.15, 0.2) is 12.7 Å². The second-order valence-electron chi connectivity index (χ2n) is 5.00. The molecule has 9 heteroatoms. The normalized spacial score (nSPS) is 28.5. The van der Waals surface area contributed by atoms with E-state index in [0.717, 1.165) is 5.75 Å². The standard InChI is InChI=1S/C13H19N5O3S/c1-19-9-7(4-22-3)21-13(10(9)20-2)18-6-17-8-11(14)15-5-16-12(8)18/h5-7,9-10,13H,4H2,1-3H3,(H2,14,15,16). The largest absolute Gasteiger partial charge is 0.382 e. The molecule has 0 spiro atoms. The van der Waals surface area contributed by atoms with Crippen molar-refractivity contribution in [2.24, 2.45) is 0 Å². The first kappa shape index (κ1) is 15.5. The van der Waals surface area contributed by atoms with Crippen LogP contribution >= 0.6 is 11.8 Å². The third kappa shape index (κ3) is 2.43. The predicted molar refractivity (Wildman–Crippen MR) is 83.6 cm³/mol. The summed E-state index contributed by atoms with van der Waals surface area (Å²) < 4.78 is 19.2. The van der Waals surface area contributed by atoms with Crippen LogP contribution < -0.4 is 5.73 Å². The highest BCUT2D eigenvalue weighted by Gasteiger charge is 2.46. The summed E-state index contributed by atoms with van der Waals surface area (Å²) in [6.07, 6.45) is 4.26. The molecule has 120 valence electrons. The molecule has 22 heavy (non-hydrogen) atoms. The molecule has 1 fully saturated rings. The molecule has 4 atom stereocenters. The van der Waals surface area contributed by atoms with Crippen LogP contribution in [-0.2, 0) is 14.2 Å². The lowest BCUT2D eigenvalue weighted by Gasteiger charge is -2.21. The number of fused-ring (bicyclic) bond motifs is 1. The van der Waals surface area contributed by atoms with Crippen LogP contribution in [0.3, 0.4) is 0 Å². The first-order chi connectivity index (χ1) is 10.7. The van der Waals surface area contributed by atoms with Crippen LogP contribution in [0.5, 0.6) is 0 Å². The SMILES string of the molecule is COC1C(CSC)OC(n2cnc3c(N)ncnc32)C1OC. The Morgan fingerprint density at radius 2 is 2.05 bits per heavy atom. The molecule has 4 unspecified atom stereocenters. The first-order valence-electron chi connectivity index (χ1n) is 6.84. The van der Waals surface area contributed by atoms with Crippen molar-refractivity contribution >= 4 is 28.7 Å². The average molecular weight is 325 g/mol. The maximum Gasteiger partial charge on any atom is 0.167 e. The number of nitrogen functional groups attached to an aromatic ring is 1. The maximum absolute atomic E-state index is 6.15. The zero-order valence-electron chi connectivity index (χ0n) is 12.7. The molecule has 0 aliphatic carbocycles. The Balaban J connectivity index is 2.00. The van der Waals surface area contributed by atoms with Crippen molar-refractivity contribution in [2.75, 3.05) is 32.0 Å². The maximum atomic E-state index is 6.15. The van der Waals surface area contributed by atoms with Crippen molar-refractivity contribution in [2.45, 2.75) is 24.5 Å². The van der Waals surface area contributed by atoms with Gasteiger partial charge in [0.05, 0.1) is 12.4 Å². The summed E-state index contributed by atoms with van der Waals surface area (Å²) >= 11 is 1.70. The van der Waals surface area contributed by atoms with E-state index in [0.29, 0.717) is 17.0 Å². The van der Waals surface area contributed by atoms with Gasteiger partial charge in [0.25, 0.3) is 0 Å². The number of hydrogen-bond acceptors (Lipinski definition) is 8. The average Bonchev–Trinajstić information content (AvgIpc) is 3.09. The highest BCUT2D eigenvalue weighted by Crippen LogP contribution is 2.35. The van der Waals surface area contributed by atoms with Crippen LogP contribution in [0.4, 0.5) is 5.82 Å². The highest BCUT2D eigenvalue weighted by molar-refractivity contribution is 7.98. The molecular formula is C13H19N5O3S. The zero-order chi connectivity index (χ0) is 15.7. The molecule has 3 rings (SSSR count). The predicted octanol–water partition coefficient (Wildman–Crippen LogP) is 0.699. The third-order valence-corrected chi connectivity index (χ3v) is 4.48. The number of ether oxygens (including phenoxy) is 3. The molecule has 1 aliphatic heterocycles. The Kier molecular flexibility index (Phi) is 4.48. The first-order valence-corrected chi connectivity index (χ1v) is 8.23. The van der Waals surface area contributed by atoms with Gasteiger partial charge >= 0.3 is 0 Å². The van der Waals surface area contributed by atoms with Gasteiger partial charge in [0.15, 0.2) is 17.7 Å². The van der Waals surface area contributed by atoms with Crippen molar-refractivity contribution in [3.8, 4) is 0 Å². The molecule has 0 aromatic carbocycles. The van der Waals surface area contributed by atoms with Gasteiger partial charge < -0.3 is 19.9 Å². The molecule has 2 aromatic heterocycles. The fourth-order valence-corrected chi connectivity index (χ4v) is 3.42. The lowest BCUT2D eigenvalue weighted by molar-refractivity contribution is -0.0505. The monoisotopic (exact) mass is 325 g/mol. The molecule has 1 saturated heterocycles. The smallest absolute Gasteiger partial charge is 0.167 e. The van der Waals surface area contributed by atoms with E-state index in [1.807, 2.05) is 10.8 Å². The van der Waals surface area contributed by atoms with E-state index in [9.17, 15) is 0 Å². The Hall–Kier alpha value is -1.42. The van der Waals surface area contributed by atoms with E-state index in [4.69, 9.17) is 19.9 Å². The molecule has 1 aliphatic rings. The minimum Gasteiger partial charge on any atom is -0.382 e. The fraction of sp³-hybridized carbons (Fsp3) is 0.615. The van der Waals surface area contributed by atoms with Crippen molar-refractivity contribution in [1.29, 1.82) is 0 Å². The minimum absolute atomic E-state index is 0.0633. The Bertz CT molecular complexity index is 652. The molecule has 2 aromatic rings. The molecule has 0 saturated carbocycles. The van der Waals surface area contributed by atoms with Gasteiger partial charge in [-0.2, -0.15) is 11.8 Å². The summed E-state index contributed by atoms with van der Waals surface area (Å²) in [5.41, 5.74) is 7.02. The van der Waals surface area contributed by atoms with Crippen LogP contribution in [-0.4, -0.2) is 64.1 Å². The highest BCUT2D eigenvalue weighted by atomic mass is 32.2. The van der Waals surface area contributed by atoms with E-state index in [2.05, 4.69) is 15.0 Å². The van der Waals surface area contributed by atoms with Crippen LogP contribution in [0.1, 0.15) is 6.23 Å². The number of anilines is 1. The summed E-state index contributed by atoms with van der Waals surface area (Å²) in [6, 6.07) is 0. The van der Waals surface area contributed by atoms with Gasteiger partial charge in [-0.15, -0.1) is 0 Å². The van der Waals surface area contributed by atoms with E-state index in [1.54, 1.807) is 32.3 Å². The minimum atomic E-state index is -0.369. The van der Waals surface area contributed by atoms with Crippen molar-refractivity contribution in [3.63, 3.8) is 0 Å². The molecular weight excluding hydrogens is 306 g/mol. The van der Waals surface area contributed by atoms with E-state index in [-0.39, 0.29) is 24.5 Å². The van der Waals surface area contributed by atoms with Gasteiger partial charge in [-0.1, -0.05) is 0 Å². The fourth-order valence-electron chi connectivity index (χ4n) is 2.82. The van der Waals surface area contributed by atoms with Crippen molar-refractivity contribution < 1.29 is 14.2 Å². The van der Waals surface area contributed by atoms with E-state index >= 15 is 0 Å². The summed E-state index contributed by atoms with van der Waals surface area (Å²) in [5.74, 6) is 1.16. The van der Waals surface area contributed by atoms with Crippen LogP contribution in [0.2, 0.25) is 0 Å². The van der Waals surface area contributed by atoms with Gasteiger partial charge in [-0.05, 0) is 6.26 Å². The summed E-state index contributed by atoms with van der Waals surface area (Å²) in [7, 11) is 3.32. The summed E-state index contributed by atoms with van der Waals surface area (Å²) in [5, 5.41) is 0. The molecule has 0 bridgehead atoms. The van der Waals surface area contributed by atoms with E-state index < -0.39 is 0 Å². The molecule has 3 heterocycles. The summed E-state index contributed by atoms with van der Waals surface area (Å²) in [4.78, 5) is 12.5. The second-order valence-corrected chi connectivity index (χ2v) is 5.91. The topological polar surface area (TPSA) is 97.3 Å². The molecule has 2 N–H and O–H groups in total. The Morgan fingerprint density at radius 1 is 1.27 bits per heavy atom. The number of thioether (sulfide) groups is 1. The zero-order valence-corrected chi connectivity index (χ0v) is 13.5. The number of methoxy groups -OCH3 is 2. The quantitative estimate of drug-likeness (QED) is 0.858. The van der Waals surface area contributed by atoms with Gasteiger partial charge in [0, 0.05) is 20.0 Å². The van der Waals surface area contributed by atoms with E-state index in [1.165, 1.54) is 6.33 Å². The number of imidazole rings is 1. The lowest BCUT2D eigenvalue weighted by Crippen LogP contribution is -2.36. The van der Waals surface area contributed by atoms with Crippen LogP contribution in [0, 0.1) is 0 Å². The number of nitrogens with two attached hydrogens (primary N) is 1. The van der Waals surface area contributed by atoms with Gasteiger partial charge in [-0.3, -0.25) is 4.57 Å². The molecule has 0 radical (unpaired) electrons.